The van der Waals surface area contributed by atoms with Crippen LogP contribution in [0.4, 0.5) is 0 Å². The number of likely N-dealkylation sites (N-methyl/N-ethyl adjacent to an activating group) is 1. The molecule has 0 saturated heterocycles. The number of nitrogens with zero attached hydrogens (tertiary/aromatic N) is 1. The van der Waals surface area contributed by atoms with Crippen LogP contribution in [0.25, 0.3) is 0 Å². The van der Waals surface area contributed by atoms with Crippen molar-refractivity contribution in [3.05, 3.63) is 97.2 Å². The Bertz CT molecular complexity index is 1300. The molecule has 0 fully saturated rings. The summed E-state index contributed by atoms with van der Waals surface area (Å²) in [5.74, 6) is -1.57. The highest BCUT2D eigenvalue weighted by Crippen LogP contribution is 2.15. The number of unbranched alkanes of at least 4 members (excludes halogenated alkanes) is 14. The van der Waals surface area contributed by atoms with Gasteiger partial charge in [0.2, 0.25) is 0 Å². The van der Waals surface area contributed by atoms with Crippen LogP contribution in [0.2, 0.25) is 0 Å². The molecule has 1 N–H and O–H groups in total. The summed E-state index contributed by atoms with van der Waals surface area (Å²) in [5, 5.41) is 9.63. The van der Waals surface area contributed by atoms with Gasteiger partial charge in [-0.2, -0.15) is 0 Å². The number of quaternary nitrogens is 1. The van der Waals surface area contributed by atoms with Crippen LogP contribution in [0.5, 0.6) is 0 Å². The van der Waals surface area contributed by atoms with Crippen molar-refractivity contribution in [1.29, 1.82) is 0 Å². The Morgan fingerprint density at radius 2 is 0.983 bits per heavy atom. The number of allylic oxidation sites excluding steroid dienone is 16. The lowest BCUT2D eigenvalue weighted by atomic mass is 10.0. The summed E-state index contributed by atoms with van der Waals surface area (Å²) in [5.41, 5.74) is 0. The van der Waals surface area contributed by atoms with Crippen LogP contribution < -0.4 is 0 Å². The van der Waals surface area contributed by atoms with Crippen molar-refractivity contribution >= 4 is 17.9 Å². The second kappa shape index (κ2) is 42.0. The number of hydrogen-bond donors (Lipinski definition) is 1. The number of carboxylic acids is 1. The first-order chi connectivity index (χ1) is 29.1. The minimum absolute atomic E-state index is 0.0327. The molecule has 2 unspecified atom stereocenters. The second-order valence-corrected chi connectivity index (χ2v) is 16.4. The summed E-state index contributed by atoms with van der Waals surface area (Å²) < 4.78 is 17.2. The fourth-order valence-electron chi connectivity index (χ4n) is 6.31. The van der Waals surface area contributed by atoms with E-state index in [0.717, 1.165) is 51.4 Å². The predicted molar refractivity (Wildman–Crippen MR) is 252 cm³/mol. The van der Waals surface area contributed by atoms with E-state index in [9.17, 15) is 19.5 Å². The van der Waals surface area contributed by atoms with Crippen molar-refractivity contribution in [1.82, 2.24) is 0 Å². The lowest BCUT2D eigenvalue weighted by molar-refractivity contribution is -0.887. The van der Waals surface area contributed by atoms with Gasteiger partial charge >= 0.3 is 17.9 Å². The van der Waals surface area contributed by atoms with Gasteiger partial charge in [0, 0.05) is 19.3 Å². The third-order valence-corrected chi connectivity index (χ3v) is 9.86. The van der Waals surface area contributed by atoms with Crippen LogP contribution in [-0.2, 0) is 28.6 Å². The van der Waals surface area contributed by atoms with Gasteiger partial charge in [-0.15, -0.1) is 0 Å². The standard InChI is InChI=1S/C52H85NO7/c1-6-8-10-12-14-16-18-20-21-22-23-24-25-26-27-28-29-31-33-35-37-39-41-43-51(55)60-48(46-58-45-44-49(52(56)57)53(3,4)5)47-59-50(54)42-40-38-36-34-32-30-19-17-15-13-11-9-7-2/h8-11,13-17,19-21,30,32,34,36,48-49H,6-7,12,18,22-29,31,33,35,37-47H2,1-5H3/p+1/b10-8+,11-9+,15-13+,16-14+,19-17+,21-20+,32-30+,36-34+. The minimum Gasteiger partial charge on any atom is -0.477 e. The number of ether oxygens (including phenoxy) is 3. The summed E-state index contributed by atoms with van der Waals surface area (Å²) in [6.07, 6.45) is 56.2. The highest BCUT2D eigenvalue weighted by molar-refractivity contribution is 5.72. The molecule has 0 aliphatic carbocycles. The first kappa shape index (κ1) is 56.2. The van der Waals surface area contributed by atoms with E-state index in [1.807, 2.05) is 75.8 Å². The van der Waals surface area contributed by atoms with Crippen molar-refractivity contribution in [3.8, 4) is 0 Å². The number of carbonyl (C=O) groups excluding carboxylic acids is 2. The average molecular weight is 837 g/mol. The molecule has 8 nitrogen and oxygen atoms in total. The SMILES string of the molecule is CC/C=C/C=C/C=C/C=C/C=C/CCCC(=O)OCC(COCCC(C(=O)O)[N+](C)(C)C)OC(=O)CCCCCCCCCCCCCCC/C=C/C/C=C/C/C=C/CC. The van der Waals surface area contributed by atoms with Gasteiger partial charge in [-0.05, 0) is 57.8 Å². The van der Waals surface area contributed by atoms with Crippen molar-refractivity contribution in [2.45, 2.75) is 174 Å². The van der Waals surface area contributed by atoms with Gasteiger partial charge in [0.15, 0.2) is 12.1 Å². The van der Waals surface area contributed by atoms with Crippen molar-refractivity contribution in [2.75, 3.05) is 41.0 Å². The second-order valence-electron chi connectivity index (χ2n) is 16.4. The molecule has 0 spiro atoms. The third kappa shape index (κ3) is 39.7. The number of carbonyl (C=O) groups is 3. The average Bonchev–Trinajstić information content (AvgIpc) is 3.21. The highest BCUT2D eigenvalue weighted by atomic mass is 16.6. The first-order valence-corrected chi connectivity index (χ1v) is 23.3. The molecule has 340 valence electrons. The summed E-state index contributed by atoms with van der Waals surface area (Å²) in [4.78, 5) is 37.0. The Morgan fingerprint density at radius 3 is 1.53 bits per heavy atom. The van der Waals surface area contributed by atoms with E-state index >= 15 is 0 Å². The molecule has 0 aliphatic heterocycles. The summed E-state index contributed by atoms with van der Waals surface area (Å²) in [6, 6.07) is -0.630. The van der Waals surface area contributed by atoms with Crippen LogP contribution in [-0.4, -0.2) is 80.6 Å². The lowest BCUT2D eigenvalue weighted by Gasteiger charge is -2.31. The van der Waals surface area contributed by atoms with Crippen LogP contribution in [0.15, 0.2) is 97.2 Å². The molecule has 0 amide bonds. The molecule has 8 heteroatoms. The van der Waals surface area contributed by atoms with E-state index in [4.69, 9.17) is 14.2 Å². The zero-order valence-electron chi connectivity index (χ0n) is 38.6. The molecular weight excluding hydrogens is 751 g/mol. The van der Waals surface area contributed by atoms with Gasteiger partial charge < -0.3 is 23.8 Å². The van der Waals surface area contributed by atoms with Crippen LogP contribution in [0.1, 0.15) is 162 Å². The van der Waals surface area contributed by atoms with Gasteiger partial charge in [0.25, 0.3) is 0 Å². The molecule has 0 radical (unpaired) electrons. The number of esters is 2. The van der Waals surface area contributed by atoms with E-state index in [1.54, 1.807) is 0 Å². The van der Waals surface area contributed by atoms with E-state index in [0.29, 0.717) is 19.3 Å². The molecule has 2 atom stereocenters. The first-order valence-electron chi connectivity index (χ1n) is 23.3. The normalized spacial score (nSPS) is 13.8. The van der Waals surface area contributed by atoms with Gasteiger partial charge in [-0.1, -0.05) is 182 Å². The highest BCUT2D eigenvalue weighted by Gasteiger charge is 2.31. The maximum atomic E-state index is 12.8. The lowest BCUT2D eigenvalue weighted by Crippen LogP contribution is -2.50. The fraction of sp³-hybridized carbons (Fsp3) is 0.635. The maximum absolute atomic E-state index is 12.8. The zero-order chi connectivity index (χ0) is 44.2. The fourth-order valence-corrected chi connectivity index (χ4v) is 6.31. The summed E-state index contributed by atoms with van der Waals surface area (Å²) in [6.45, 7) is 4.39. The Kier molecular flexibility index (Phi) is 39.3. The molecule has 60 heavy (non-hydrogen) atoms. The van der Waals surface area contributed by atoms with E-state index in [-0.39, 0.29) is 42.7 Å². The quantitative estimate of drug-likeness (QED) is 0.0216. The van der Waals surface area contributed by atoms with Gasteiger partial charge in [-0.25, -0.2) is 4.79 Å². The van der Waals surface area contributed by atoms with Crippen molar-refractivity contribution in [2.24, 2.45) is 0 Å². The molecule has 0 bridgehead atoms. The minimum atomic E-state index is -0.888. The number of aliphatic carboxylic acids is 1. The molecule has 0 rings (SSSR count). The number of rotatable bonds is 40. The number of hydrogen-bond acceptors (Lipinski definition) is 6. The molecule has 0 aromatic rings. The van der Waals surface area contributed by atoms with E-state index < -0.39 is 18.1 Å². The van der Waals surface area contributed by atoms with Gasteiger partial charge in [0.05, 0.1) is 34.4 Å². The van der Waals surface area contributed by atoms with Crippen LogP contribution in [0, 0.1) is 0 Å². The molecule has 0 heterocycles. The molecular formula is C52H86NO7+. The Hall–Kier alpha value is -3.75. The largest absolute Gasteiger partial charge is 0.477 e. The van der Waals surface area contributed by atoms with Crippen LogP contribution in [0.3, 0.4) is 0 Å². The Balaban J connectivity index is 4.32. The van der Waals surface area contributed by atoms with Crippen molar-refractivity contribution < 1.29 is 38.2 Å². The van der Waals surface area contributed by atoms with Crippen molar-refractivity contribution in [3.63, 3.8) is 0 Å². The molecule has 0 aliphatic rings. The van der Waals surface area contributed by atoms with Crippen LogP contribution >= 0.6 is 0 Å². The maximum Gasteiger partial charge on any atom is 0.362 e. The predicted octanol–water partition coefficient (Wildman–Crippen LogP) is 13.1. The number of carboxylic acid groups (broad SMARTS) is 1. The summed E-state index contributed by atoms with van der Waals surface area (Å²) in [7, 11) is 5.50. The zero-order valence-corrected chi connectivity index (χ0v) is 38.6. The Labute approximate surface area is 366 Å². The third-order valence-electron chi connectivity index (χ3n) is 9.86. The van der Waals surface area contributed by atoms with E-state index in [1.165, 1.54) is 70.6 Å². The summed E-state index contributed by atoms with van der Waals surface area (Å²) >= 11 is 0. The Morgan fingerprint density at radius 1 is 0.517 bits per heavy atom. The van der Waals surface area contributed by atoms with Gasteiger partial charge in [0.1, 0.15) is 6.61 Å². The van der Waals surface area contributed by atoms with E-state index in [2.05, 4.69) is 56.4 Å². The monoisotopic (exact) mass is 837 g/mol. The topological polar surface area (TPSA) is 99.1 Å². The molecule has 0 saturated carbocycles. The van der Waals surface area contributed by atoms with Gasteiger partial charge in [-0.3, -0.25) is 9.59 Å². The molecule has 0 aromatic heterocycles. The smallest absolute Gasteiger partial charge is 0.362 e. The molecule has 0 aromatic carbocycles.